The summed E-state index contributed by atoms with van der Waals surface area (Å²) in [5.41, 5.74) is 2.57. The van der Waals surface area contributed by atoms with E-state index in [1.54, 1.807) is 23.9 Å². The number of carbonyl (C=O) groups is 1. The molecule has 0 aliphatic heterocycles. The van der Waals surface area contributed by atoms with Gasteiger partial charge in [0.05, 0.1) is 11.9 Å². The summed E-state index contributed by atoms with van der Waals surface area (Å²) in [5.74, 6) is 1.17. The van der Waals surface area contributed by atoms with Crippen LogP contribution in [0, 0.1) is 6.92 Å². The van der Waals surface area contributed by atoms with E-state index in [-0.39, 0.29) is 5.91 Å². The summed E-state index contributed by atoms with van der Waals surface area (Å²) in [6.07, 6.45) is 1.50. The Morgan fingerprint density at radius 3 is 2.41 bits per heavy atom. The number of carbonyl (C=O) groups excluding carboxylic acids is 1. The van der Waals surface area contributed by atoms with Gasteiger partial charge in [0, 0.05) is 23.1 Å². The lowest BCUT2D eigenvalue weighted by Gasteiger charge is -2.30. The van der Waals surface area contributed by atoms with Crippen molar-refractivity contribution in [2.45, 2.75) is 32.1 Å². The Morgan fingerprint density at radius 2 is 1.83 bits per heavy atom. The highest BCUT2D eigenvalue weighted by molar-refractivity contribution is 7.98. The van der Waals surface area contributed by atoms with Crippen LogP contribution < -0.4 is 9.62 Å². The highest BCUT2D eigenvalue weighted by Gasteiger charge is 2.31. The zero-order valence-electron chi connectivity index (χ0n) is 16.9. The van der Waals surface area contributed by atoms with Gasteiger partial charge in [-0.2, -0.15) is 11.8 Å². The molecule has 0 spiro atoms. The molecule has 29 heavy (non-hydrogen) atoms. The molecule has 1 atom stereocenters. The van der Waals surface area contributed by atoms with Gasteiger partial charge >= 0.3 is 0 Å². The molecule has 1 N–H and O–H groups in total. The molecule has 0 aliphatic rings. The Kier molecular flexibility index (Phi) is 8.86. The average molecular weight is 455 g/mol. The third-order valence-electron chi connectivity index (χ3n) is 4.38. The van der Waals surface area contributed by atoms with Crippen LogP contribution in [0.4, 0.5) is 5.69 Å². The molecule has 0 saturated heterocycles. The van der Waals surface area contributed by atoms with Crippen LogP contribution in [0.2, 0.25) is 5.02 Å². The maximum Gasteiger partial charge on any atom is 0.243 e. The maximum atomic E-state index is 12.7. The lowest BCUT2D eigenvalue weighted by molar-refractivity contribution is -0.122. The SMILES string of the molecule is CC[C@@H](C(=O)NCCSCc1ccccc1Cl)N(c1ccc(C)cc1)S(C)(=O)=O. The summed E-state index contributed by atoms with van der Waals surface area (Å²) < 4.78 is 26.0. The Bertz CT molecular complexity index is 918. The smallest absolute Gasteiger partial charge is 0.243 e. The first-order valence-corrected chi connectivity index (χ1v) is 12.8. The van der Waals surface area contributed by atoms with Crippen LogP contribution >= 0.6 is 23.4 Å². The molecular weight excluding hydrogens is 428 g/mol. The fourth-order valence-corrected chi connectivity index (χ4v) is 5.27. The van der Waals surface area contributed by atoms with Gasteiger partial charge in [-0.1, -0.05) is 54.4 Å². The van der Waals surface area contributed by atoms with Crippen LogP contribution in [0.5, 0.6) is 0 Å². The van der Waals surface area contributed by atoms with Gasteiger partial charge in [0.1, 0.15) is 6.04 Å². The highest BCUT2D eigenvalue weighted by Crippen LogP contribution is 2.23. The topological polar surface area (TPSA) is 66.5 Å². The zero-order chi connectivity index (χ0) is 21.4. The van der Waals surface area contributed by atoms with E-state index in [1.807, 2.05) is 50.2 Å². The number of aryl methyl sites for hydroxylation is 1. The van der Waals surface area contributed by atoms with Crippen molar-refractivity contribution in [3.63, 3.8) is 0 Å². The first-order valence-electron chi connectivity index (χ1n) is 9.39. The molecule has 0 radical (unpaired) electrons. The monoisotopic (exact) mass is 454 g/mol. The van der Waals surface area contributed by atoms with Crippen molar-refractivity contribution in [2.24, 2.45) is 0 Å². The van der Waals surface area contributed by atoms with E-state index in [0.717, 1.165) is 28.2 Å². The Labute approximate surface area is 182 Å². The minimum Gasteiger partial charge on any atom is -0.353 e. The summed E-state index contributed by atoms with van der Waals surface area (Å²) in [6, 6.07) is 14.0. The number of sulfonamides is 1. The van der Waals surface area contributed by atoms with Crippen molar-refractivity contribution in [3.05, 3.63) is 64.7 Å². The van der Waals surface area contributed by atoms with Crippen molar-refractivity contribution in [3.8, 4) is 0 Å². The second-order valence-electron chi connectivity index (χ2n) is 6.75. The maximum absolute atomic E-state index is 12.7. The van der Waals surface area contributed by atoms with Crippen LogP contribution in [0.25, 0.3) is 0 Å². The molecule has 0 aromatic heterocycles. The minimum atomic E-state index is -3.61. The largest absolute Gasteiger partial charge is 0.353 e. The molecular formula is C21H27ClN2O3S2. The quantitative estimate of drug-likeness (QED) is 0.545. The molecule has 0 heterocycles. The standard InChI is InChI=1S/C21H27ClN2O3S2/c1-4-20(24(29(3,26)27)18-11-9-16(2)10-12-18)21(25)23-13-14-28-15-17-7-5-6-8-19(17)22/h5-12,20H,4,13-15H2,1-3H3,(H,23,25)/t20-/m0/s1. The van der Waals surface area contributed by atoms with E-state index in [2.05, 4.69) is 5.32 Å². The molecule has 0 unspecified atom stereocenters. The number of nitrogens with one attached hydrogen (secondary N) is 1. The van der Waals surface area contributed by atoms with E-state index >= 15 is 0 Å². The number of amides is 1. The molecule has 5 nitrogen and oxygen atoms in total. The van der Waals surface area contributed by atoms with E-state index < -0.39 is 16.1 Å². The van der Waals surface area contributed by atoms with Crippen molar-refractivity contribution < 1.29 is 13.2 Å². The fraction of sp³-hybridized carbons (Fsp3) is 0.381. The second-order valence-corrected chi connectivity index (χ2v) is 10.1. The lowest BCUT2D eigenvalue weighted by atomic mass is 10.1. The predicted octanol–water partition coefficient (Wildman–Crippen LogP) is 4.24. The van der Waals surface area contributed by atoms with Crippen molar-refractivity contribution in [1.29, 1.82) is 0 Å². The van der Waals surface area contributed by atoms with Crippen LogP contribution in [0.3, 0.4) is 0 Å². The van der Waals surface area contributed by atoms with Gasteiger partial charge in [0.2, 0.25) is 15.9 Å². The average Bonchev–Trinajstić information content (AvgIpc) is 2.67. The van der Waals surface area contributed by atoms with Gasteiger partial charge in [-0.05, 0) is 37.1 Å². The summed E-state index contributed by atoms with van der Waals surface area (Å²) in [6.45, 7) is 4.19. The normalized spacial score (nSPS) is 12.4. The molecule has 0 saturated carbocycles. The minimum absolute atomic E-state index is 0.295. The molecule has 0 fully saturated rings. The first kappa shape index (κ1) is 23.6. The van der Waals surface area contributed by atoms with Crippen LogP contribution in [-0.4, -0.2) is 38.9 Å². The number of rotatable bonds is 10. The van der Waals surface area contributed by atoms with Crippen molar-refractivity contribution >= 4 is 45.0 Å². The number of hydrogen-bond acceptors (Lipinski definition) is 4. The van der Waals surface area contributed by atoms with Gasteiger partial charge in [-0.15, -0.1) is 0 Å². The Hall–Kier alpha value is -1.70. The predicted molar refractivity (Wildman–Crippen MR) is 123 cm³/mol. The van der Waals surface area contributed by atoms with Gasteiger partial charge in [0.15, 0.2) is 0 Å². The number of thioether (sulfide) groups is 1. The molecule has 2 aromatic carbocycles. The number of benzene rings is 2. The molecule has 0 aliphatic carbocycles. The third-order valence-corrected chi connectivity index (χ3v) is 6.94. The number of halogens is 1. The molecule has 1 amide bonds. The Balaban J connectivity index is 1.97. The molecule has 158 valence electrons. The van der Waals surface area contributed by atoms with E-state index in [9.17, 15) is 13.2 Å². The van der Waals surface area contributed by atoms with Crippen LogP contribution in [0.15, 0.2) is 48.5 Å². The van der Waals surface area contributed by atoms with Crippen LogP contribution in [0.1, 0.15) is 24.5 Å². The number of hydrogen-bond donors (Lipinski definition) is 1. The zero-order valence-corrected chi connectivity index (χ0v) is 19.3. The summed E-state index contributed by atoms with van der Waals surface area (Å²) in [4.78, 5) is 12.7. The lowest BCUT2D eigenvalue weighted by Crippen LogP contribution is -2.49. The molecule has 0 bridgehead atoms. The van der Waals surface area contributed by atoms with Gasteiger partial charge in [0.25, 0.3) is 0 Å². The number of nitrogens with zero attached hydrogens (tertiary/aromatic N) is 1. The number of anilines is 1. The van der Waals surface area contributed by atoms with Crippen LogP contribution in [-0.2, 0) is 20.6 Å². The van der Waals surface area contributed by atoms with E-state index in [0.29, 0.717) is 24.4 Å². The van der Waals surface area contributed by atoms with Crippen molar-refractivity contribution in [2.75, 3.05) is 22.9 Å². The van der Waals surface area contributed by atoms with Gasteiger partial charge in [-0.3, -0.25) is 9.10 Å². The summed E-state index contributed by atoms with van der Waals surface area (Å²) >= 11 is 7.81. The highest BCUT2D eigenvalue weighted by atomic mass is 35.5. The fourth-order valence-electron chi connectivity index (χ4n) is 2.91. The molecule has 8 heteroatoms. The van der Waals surface area contributed by atoms with Gasteiger partial charge in [-0.25, -0.2) is 8.42 Å². The second kappa shape index (κ2) is 10.9. The summed E-state index contributed by atoms with van der Waals surface area (Å²) in [7, 11) is -3.61. The van der Waals surface area contributed by atoms with Gasteiger partial charge < -0.3 is 5.32 Å². The van der Waals surface area contributed by atoms with Crippen molar-refractivity contribution in [1.82, 2.24) is 5.32 Å². The molecule has 2 rings (SSSR count). The third kappa shape index (κ3) is 6.94. The van der Waals surface area contributed by atoms with E-state index in [4.69, 9.17) is 11.6 Å². The molecule has 2 aromatic rings. The first-order chi connectivity index (χ1) is 13.7. The van der Waals surface area contributed by atoms with E-state index in [1.165, 1.54) is 4.31 Å². The summed E-state index contributed by atoms with van der Waals surface area (Å²) in [5, 5.41) is 3.60. The Morgan fingerprint density at radius 1 is 1.17 bits per heavy atom.